The first-order valence-electron chi connectivity index (χ1n) is 13.4. The predicted octanol–water partition coefficient (Wildman–Crippen LogP) is 9.57. The molecule has 0 aromatic heterocycles. The second-order valence-corrected chi connectivity index (χ2v) is 13.2. The van der Waals surface area contributed by atoms with Crippen LogP contribution in [0.25, 0.3) is 0 Å². The highest BCUT2D eigenvalue weighted by Crippen LogP contribution is 2.44. The van der Waals surface area contributed by atoms with E-state index in [4.69, 9.17) is 55.9 Å². The molecule has 4 aliphatic heterocycles. The molecule has 236 valence electrons. The van der Waals surface area contributed by atoms with Gasteiger partial charge in [-0.15, -0.1) is 0 Å². The van der Waals surface area contributed by atoms with Gasteiger partial charge in [-0.05, 0) is 55.2 Å². The van der Waals surface area contributed by atoms with Crippen molar-refractivity contribution in [1.82, 2.24) is 0 Å². The molecule has 45 heavy (non-hydrogen) atoms. The van der Waals surface area contributed by atoms with Gasteiger partial charge in [-0.2, -0.15) is 0 Å². The van der Waals surface area contributed by atoms with Crippen LogP contribution >= 0.6 is 62.3 Å². The second-order valence-electron chi connectivity index (χ2n) is 10.4. The quantitative estimate of drug-likeness (QED) is 0.125. The Morgan fingerprint density at radius 3 is 1.78 bits per heavy atom. The van der Waals surface area contributed by atoms with Crippen molar-refractivity contribution in [2.24, 2.45) is 5.92 Å². The summed E-state index contributed by atoms with van der Waals surface area (Å²) in [6.07, 6.45) is 5.34. The summed E-state index contributed by atoms with van der Waals surface area (Å²) in [6, 6.07) is 8.20. The van der Waals surface area contributed by atoms with Crippen LogP contribution in [0, 0.1) is 5.92 Å². The molecule has 4 heterocycles. The molecule has 3 aromatic carbocycles. The average Bonchev–Trinajstić information content (AvgIpc) is 2.96. The summed E-state index contributed by atoms with van der Waals surface area (Å²) in [7, 11) is 0. The number of allylic oxidation sites excluding steroid dienone is 6. The van der Waals surface area contributed by atoms with E-state index in [1.54, 1.807) is 12.2 Å². The van der Waals surface area contributed by atoms with Crippen LogP contribution in [0.3, 0.4) is 0 Å². The maximum Gasteiger partial charge on any atom is 0.210 e. The number of halogens is 5. The van der Waals surface area contributed by atoms with Crippen molar-refractivity contribution in [3.8, 4) is 40.2 Å². The van der Waals surface area contributed by atoms with Gasteiger partial charge in [0.1, 0.15) is 23.0 Å². The number of phenolic OH excluding ortho intramolecular Hbond substituents is 4. The van der Waals surface area contributed by atoms with Crippen LogP contribution in [0.2, 0.25) is 10.0 Å². The zero-order valence-corrected chi connectivity index (χ0v) is 27.7. The third-order valence-corrected chi connectivity index (χ3v) is 9.46. The van der Waals surface area contributed by atoms with E-state index in [9.17, 15) is 30.6 Å². The number of phenols is 4. The monoisotopic (exact) mass is 756 g/mol. The molecular weight excluding hydrogens is 734 g/mol. The van der Waals surface area contributed by atoms with Crippen LogP contribution in [0.15, 0.2) is 82.0 Å². The Morgan fingerprint density at radius 2 is 1.20 bits per heavy atom. The van der Waals surface area contributed by atoms with Crippen molar-refractivity contribution in [1.29, 1.82) is 0 Å². The smallest absolute Gasteiger partial charge is 0.210 e. The van der Waals surface area contributed by atoms with Gasteiger partial charge in [-0.3, -0.25) is 0 Å². The molecule has 1 aliphatic carbocycles. The Kier molecular flexibility index (Phi) is 9.96. The van der Waals surface area contributed by atoms with Crippen molar-refractivity contribution in [3.63, 3.8) is 0 Å². The molecule has 0 saturated heterocycles. The normalized spacial score (nSPS) is 21.5. The van der Waals surface area contributed by atoms with Crippen LogP contribution in [0.4, 0.5) is 0 Å². The molecule has 8 nitrogen and oxygen atoms in total. The number of aliphatic hydroxyl groups is 2. The van der Waals surface area contributed by atoms with E-state index in [-0.39, 0.29) is 93.3 Å². The molecule has 0 fully saturated rings. The molecule has 8 rings (SSSR count). The number of aromatic hydroxyl groups is 4. The lowest BCUT2D eigenvalue weighted by Crippen LogP contribution is -2.24. The Labute approximate surface area is 286 Å². The van der Waals surface area contributed by atoms with Gasteiger partial charge >= 0.3 is 0 Å². The minimum Gasteiger partial charge on any atom is -0.508 e. The molecule has 13 heteroatoms. The van der Waals surface area contributed by atoms with Gasteiger partial charge < -0.3 is 40.1 Å². The van der Waals surface area contributed by atoms with Crippen LogP contribution in [-0.2, 0) is 19.3 Å². The van der Waals surface area contributed by atoms with Gasteiger partial charge in [0, 0.05) is 45.7 Å². The van der Waals surface area contributed by atoms with E-state index in [0.29, 0.717) is 26.8 Å². The fourth-order valence-corrected chi connectivity index (χ4v) is 6.27. The van der Waals surface area contributed by atoms with Crippen LogP contribution < -0.4 is 9.47 Å². The number of aliphatic hydroxyl groups excluding tert-OH is 2. The standard InChI is InChI=1S/C32H25BrCl4O8/c33-29-17-8-19(35)4-2-16-10-27(20(36)12-22(16)38)44-31-24(40)6-14(7-25(31)41)5-18(34)3-1-15-11-28(21(37)13-23(15)39)45-32(30(29)43)26(42)9-17/h3-4,6-7,9-13,17,29,38-43H,1-2,5,8H2/b18-3+,19-4+. The highest BCUT2D eigenvalue weighted by molar-refractivity contribution is 9.09. The molecule has 0 spiro atoms. The maximum absolute atomic E-state index is 11.0. The zero-order valence-electron chi connectivity index (χ0n) is 23.1. The number of alkyl halides is 1. The first kappa shape index (κ1) is 33.0. The summed E-state index contributed by atoms with van der Waals surface area (Å²) in [5.41, 5.74) is 1.22. The van der Waals surface area contributed by atoms with Gasteiger partial charge in [-0.1, -0.05) is 74.5 Å². The topological polar surface area (TPSA) is 140 Å². The zero-order chi connectivity index (χ0) is 32.6. The van der Waals surface area contributed by atoms with E-state index in [1.807, 2.05) is 0 Å². The van der Waals surface area contributed by atoms with Crippen LogP contribution in [0.5, 0.6) is 40.2 Å². The highest BCUT2D eigenvalue weighted by atomic mass is 79.9. The summed E-state index contributed by atoms with van der Waals surface area (Å²) in [6.45, 7) is 0. The van der Waals surface area contributed by atoms with E-state index >= 15 is 0 Å². The Hall–Kier alpha value is -3.34. The third-order valence-electron chi connectivity index (χ3n) is 7.16. The molecule has 2 atom stereocenters. The van der Waals surface area contributed by atoms with Gasteiger partial charge in [0.15, 0.2) is 23.0 Å². The van der Waals surface area contributed by atoms with Crippen molar-refractivity contribution in [3.05, 3.63) is 109 Å². The lowest BCUT2D eigenvalue weighted by Gasteiger charge is -2.26. The molecule has 0 radical (unpaired) electrons. The third kappa shape index (κ3) is 7.39. The molecule has 2 unspecified atom stereocenters. The van der Waals surface area contributed by atoms with E-state index in [0.717, 1.165) is 0 Å². The van der Waals surface area contributed by atoms with Crippen LogP contribution in [-0.4, -0.2) is 35.5 Å². The number of benzene rings is 3. The number of ether oxygens (including phenoxy) is 2. The van der Waals surface area contributed by atoms with E-state index in [2.05, 4.69) is 15.9 Å². The Bertz CT molecular complexity index is 1780. The summed E-state index contributed by atoms with van der Waals surface area (Å²) < 4.78 is 11.6. The second kappa shape index (κ2) is 13.6. The minimum absolute atomic E-state index is 0.0282. The highest BCUT2D eigenvalue weighted by Gasteiger charge is 2.33. The Morgan fingerprint density at radius 1 is 0.667 bits per heavy atom. The first-order chi connectivity index (χ1) is 21.3. The molecule has 6 N–H and O–H groups in total. The van der Waals surface area contributed by atoms with Gasteiger partial charge in [0.2, 0.25) is 11.5 Å². The molecule has 0 amide bonds. The Balaban J connectivity index is 1.57. The van der Waals surface area contributed by atoms with Crippen molar-refractivity contribution >= 4 is 62.3 Å². The van der Waals surface area contributed by atoms with Gasteiger partial charge in [-0.25, -0.2) is 0 Å². The molecule has 3 aromatic rings. The molecular formula is C32H25BrCl4O8. The first-order valence-corrected chi connectivity index (χ1v) is 15.8. The number of hydrogen-bond acceptors (Lipinski definition) is 8. The van der Waals surface area contributed by atoms with E-state index in [1.165, 1.54) is 42.5 Å². The van der Waals surface area contributed by atoms with Crippen molar-refractivity contribution < 1.29 is 40.1 Å². The lowest BCUT2D eigenvalue weighted by atomic mass is 9.93. The largest absolute Gasteiger partial charge is 0.508 e. The minimum atomic E-state index is -0.691. The summed E-state index contributed by atoms with van der Waals surface area (Å²) >= 11 is 29.1. The maximum atomic E-state index is 11.0. The van der Waals surface area contributed by atoms with Gasteiger partial charge in [0.25, 0.3) is 0 Å². The predicted molar refractivity (Wildman–Crippen MR) is 177 cm³/mol. The fraction of sp³-hybridized carbons (Fsp3) is 0.188. The van der Waals surface area contributed by atoms with Crippen molar-refractivity contribution in [2.45, 2.75) is 30.5 Å². The average molecular weight is 759 g/mol. The summed E-state index contributed by atoms with van der Waals surface area (Å²) in [5, 5.41) is 64.9. The van der Waals surface area contributed by atoms with E-state index < -0.39 is 10.7 Å². The van der Waals surface area contributed by atoms with Gasteiger partial charge in [0.05, 0.1) is 14.9 Å². The number of hydrogen-bond donors (Lipinski definition) is 6. The lowest BCUT2D eigenvalue weighted by molar-refractivity contribution is 0.267. The molecule has 0 saturated carbocycles. The SMILES string of the molecule is OC1=CC2C/C(Cl)=C\Cc3cc(c(Cl)cc3O)Oc3c(O)cc(cc3O)C/C(Cl)=C\Cc3cc(c(Cl)cc3O)OC1=C(O)C2Br. The molecule has 5 aliphatic rings. The molecule has 8 bridgehead atoms. The summed E-state index contributed by atoms with van der Waals surface area (Å²) in [4.78, 5) is -0.691. The number of rotatable bonds is 0. The summed E-state index contributed by atoms with van der Waals surface area (Å²) in [5.74, 6) is -2.48. The van der Waals surface area contributed by atoms with Crippen LogP contribution in [0.1, 0.15) is 23.1 Å². The fourth-order valence-electron chi connectivity index (χ4n) is 4.84. The van der Waals surface area contributed by atoms with Crippen molar-refractivity contribution in [2.75, 3.05) is 0 Å².